The van der Waals surface area contributed by atoms with Crippen molar-refractivity contribution in [1.29, 1.82) is 0 Å². The first kappa shape index (κ1) is 15.7. The van der Waals surface area contributed by atoms with Crippen molar-refractivity contribution in [2.75, 3.05) is 0 Å². The third-order valence-electron chi connectivity index (χ3n) is 2.58. The average Bonchev–Trinajstić information content (AvgIpc) is 2.32. The van der Waals surface area contributed by atoms with E-state index in [1.807, 2.05) is 6.92 Å². The van der Waals surface area contributed by atoms with E-state index in [1.54, 1.807) is 0 Å². The topological polar surface area (TPSA) is 92.2 Å². The molecule has 1 amide bonds. The van der Waals surface area contributed by atoms with E-state index in [1.165, 1.54) is 13.0 Å². The van der Waals surface area contributed by atoms with Crippen LogP contribution in [0.3, 0.4) is 0 Å². The summed E-state index contributed by atoms with van der Waals surface area (Å²) in [5, 5.41) is 18.5. The van der Waals surface area contributed by atoms with Gasteiger partial charge >= 0.3 is 5.97 Å². The van der Waals surface area contributed by atoms with Crippen molar-refractivity contribution in [2.24, 2.45) is 0 Å². The van der Waals surface area contributed by atoms with Crippen LogP contribution in [0.15, 0.2) is 6.07 Å². The van der Waals surface area contributed by atoms with Crippen LogP contribution in [-0.2, 0) is 4.79 Å². The number of nitrogens with zero attached hydrogens (tertiary/aromatic N) is 2. The molecule has 0 aromatic carbocycles. The summed E-state index contributed by atoms with van der Waals surface area (Å²) in [6, 6.07) is 1.24. The number of nitrogens with one attached hydrogen (secondary N) is 1. The van der Waals surface area contributed by atoms with Crippen LogP contribution in [0.1, 0.15) is 37.0 Å². The van der Waals surface area contributed by atoms with Crippen molar-refractivity contribution in [3.05, 3.63) is 21.9 Å². The van der Waals surface area contributed by atoms with Crippen molar-refractivity contribution in [3.8, 4) is 0 Å². The van der Waals surface area contributed by atoms with E-state index in [-0.39, 0.29) is 22.3 Å². The van der Waals surface area contributed by atoms with E-state index in [0.717, 1.165) is 0 Å². The van der Waals surface area contributed by atoms with E-state index in [4.69, 9.17) is 23.2 Å². The maximum Gasteiger partial charge on any atom is 0.329 e. The van der Waals surface area contributed by atoms with E-state index in [2.05, 4.69) is 15.5 Å². The molecule has 8 heteroatoms. The van der Waals surface area contributed by atoms with Crippen LogP contribution < -0.4 is 5.32 Å². The zero-order valence-electron chi connectivity index (χ0n) is 10.4. The summed E-state index contributed by atoms with van der Waals surface area (Å²) in [7, 11) is 0. The normalized spacial score (nSPS) is 13.7. The molecular formula is C11H13Cl2N3O3. The molecule has 1 aromatic rings. The highest BCUT2D eigenvalue weighted by Crippen LogP contribution is 2.18. The lowest BCUT2D eigenvalue weighted by Gasteiger charge is -2.25. The molecule has 0 aliphatic carbocycles. The van der Waals surface area contributed by atoms with Crippen LogP contribution in [-0.4, -0.2) is 32.7 Å². The molecule has 0 saturated heterocycles. The molecule has 0 bridgehead atoms. The number of aromatic nitrogens is 2. The molecule has 0 aliphatic rings. The molecule has 1 atom stereocenters. The second-order valence-corrected chi connectivity index (χ2v) is 4.96. The van der Waals surface area contributed by atoms with Crippen LogP contribution in [0.5, 0.6) is 0 Å². The first-order valence-electron chi connectivity index (χ1n) is 5.55. The van der Waals surface area contributed by atoms with E-state index < -0.39 is 17.4 Å². The third kappa shape index (κ3) is 3.78. The summed E-state index contributed by atoms with van der Waals surface area (Å²) in [5.41, 5.74) is -1.38. The number of carbonyl (C=O) groups excluding carboxylic acids is 1. The van der Waals surface area contributed by atoms with E-state index >= 15 is 0 Å². The molecule has 0 radical (unpaired) electrons. The van der Waals surface area contributed by atoms with Crippen LogP contribution in [0, 0.1) is 0 Å². The quantitative estimate of drug-likeness (QED) is 0.869. The molecule has 0 spiro atoms. The van der Waals surface area contributed by atoms with Crippen LogP contribution in [0.4, 0.5) is 0 Å². The van der Waals surface area contributed by atoms with Crippen LogP contribution in [0.2, 0.25) is 10.3 Å². The van der Waals surface area contributed by atoms with Crippen molar-refractivity contribution >= 4 is 35.1 Å². The lowest BCUT2D eigenvalue weighted by molar-refractivity contribution is -0.144. The molecule has 0 fully saturated rings. The van der Waals surface area contributed by atoms with Crippen molar-refractivity contribution in [2.45, 2.75) is 32.2 Å². The van der Waals surface area contributed by atoms with Gasteiger partial charge in [0.1, 0.15) is 5.54 Å². The van der Waals surface area contributed by atoms with Gasteiger partial charge in [-0.2, -0.15) is 0 Å². The van der Waals surface area contributed by atoms with Gasteiger partial charge in [0.2, 0.25) is 0 Å². The van der Waals surface area contributed by atoms with Gasteiger partial charge in [-0.25, -0.2) is 4.79 Å². The summed E-state index contributed by atoms with van der Waals surface area (Å²) in [6.07, 6.45) is 0.893. The standard InChI is InChI=1S/C11H13Cl2N3O3/c1-3-4-11(2,10(18)19)14-9(17)6-5-7(12)15-16-8(6)13/h5H,3-4H2,1-2H3,(H,14,17)(H,18,19). The van der Waals surface area contributed by atoms with Gasteiger partial charge in [0.15, 0.2) is 10.3 Å². The monoisotopic (exact) mass is 305 g/mol. The number of amides is 1. The highest BCUT2D eigenvalue weighted by atomic mass is 35.5. The zero-order valence-corrected chi connectivity index (χ0v) is 11.9. The maximum absolute atomic E-state index is 12.0. The summed E-state index contributed by atoms with van der Waals surface area (Å²) in [5.74, 6) is -1.77. The number of carboxylic acids is 1. The van der Waals surface area contributed by atoms with Gasteiger partial charge in [-0.1, -0.05) is 36.5 Å². The van der Waals surface area contributed by atoms with Crippen molar-refractivity contribution in [3.63, 3.8) is 0 Å². The maximum atomic E-state index is 12.0. The molecule has 6 nitrogen and oxygen atoms in total. The Balaban J connectivity index is 3.00. The van der Waals surface area contributed by atoms with Crippen LogP contribution in [0.25, 0.3) is 0 Å². The number of aliphatic carboxylic acids is 1. The number of rotatable bonds is 5. The fourth-order valence-corrected chi connectivity index (χ4v) is 1.88. The number of hydrogen-bond donors (Lipinski definition) is 2. The van der Waals surface area contributed by atoms with Crippen LogP contribution >= 0.6 is 23.2 Å². The van der Waals surface area contributed by atoms with Gasteiger partial charge in [-0.3, -0.25) is 4.79 Å². The third-order valence-corrected chi connectivity index (χ3v) is 3.04. The van der Waals surface area contributed by atoms with E-state index in [0.29, 0.717) is 6.42 Å². The van der Waals surface area contributed by atoms with Crippen molar-refractivity contribution in [1.82, 2.24) is 15.5 Å². The Kier molecular flexibility index (Phi) is 5.08. The zero-order chi connectivity index (χ0) is 14.6. The highest BCUT2D eigenvalue weighted by molar-refractivity contribution is 6.34. The predicted octanol–water partition coefficient (Wildman–Crippen LogP) is 2.16. The second-order valence-electron chi connectivity index (χ2n) is 4.21. The smallest absolute Gasteiger partial charge is 0.329 e. The number of hydrogen-bond acceptors (Lipinski definition) is 4. The lowest BCUT2D eigenvalue weighted by Crippen LogP contribution is -2.52. The lowest BCUT2D eigenvalue weighted by atomic mass is 9.96. The molecular weight excluding hydrogens is 293 g/mol. The number of carboxylic acid groups (broad SMARTS) is 1. The Morgan fingerprint density at radius 2 is 2.05 bits per heavy atom. The summed E-state index contributed by atoms with van der Waals surface area (Å²) < 4.78 is 0. The first-order valence-corrected chi connectivity index (χ1v) is 6.30. The largest absolute Gasteiger partial charge is 0.480 e. The van der Waals surface area contributed by atoms with Gasteiger partial charge < -0.3 is 10.4 Å². The minimum absolute atomic E-state index is 0.00192. The molecule has 0 saturated carbocycles. The first-order chi connectivity index (χ1) is 8.80. The minimum atomic E-state index is -1.37. The Bertz CT molecular complexity index is 510. The molecule has 0 aliphatic heterocycles. The highest BCUT2D eigenvalue weighted by Gasteiger charge is 2.34. The Morgan fingerprint density at radius 3 is 2.58 bits per heavy atom. The fourth-order valence-electron chi connectivity index (χ4n) is 1.55. The minimum Gasteiger partial charge on any atom is -0.480 e. The van der Waals surface area contributed by atoms with E-state index in [9.17, 15) is 14.7 Å². The second kappa shape index (κ2) is 6.16. The van der Waals surface area contributed by atoms with Gasteiger partial charge in [-0.05, 0) is 19.4 Å². The Labute approximate surface area is 120 Å². The van der Waals surface area contributed by atoms with Crippen molar-refractivity contribution < 1.29 is 14.7 Å². The van der Waals surface area contributed by atoms with Gasteiger partial charge in [0, 0.05) is 0 Å². The molecule has 2 N–H and O–H groups in total. The Morgan fingerprint density at radius 1 is 1.42 bits per heavy atom. The predicted molar refractivity (Wildman–Crippen MR) is 70.5 cm³/mol. The fraction of sp³-hybridized carbons (Fsp3) is 0.455. The molecule has 104 valence electrons. The summed E-state index contributed by atoms with van der Waals surface area (Å²) in [4.78, 5) is 23.3. The molecule has 1 unspecified atom stereocenters. The Hall–Kier alpha value is -1.40. The molecule has 1 rings (SSSR count). The SMILES string of the molecule is CCCC(C)(NC(=O)c1cc(Cl)nnc1Cl)C(=O)O. The molecule has 1 aromatic heterocycles. The van der Waals surface area contributed by atoms with Gasteiger partial charge in [0.25, 0.3) is 5.91 Å². The summed E-state index contributed by atoms with van der Waals surface area (Å²) in [6.45, 7) is 3.26. The molecule has 1 heterocycles. The van der Waals surface area contributed by atoms with Gasteiger partial charge in [0.05, 0.1) is 5.56 Å². The average molecular weight is 306 g/mol. The summed E-state index contributed by atoms with van der Waals surface area (Å²) >= 11 is 11.4. The molecule has 19 heavy (non-hydrogen) atoms. The van der Waals surface area contributed by atoms with Gasteiger partial charge in [-0.15, -0.1) is 10.2 Å². The number of halogens is 2. The number of carbonyl (C=O) groups is 2.